The van der Waals surface area contributed by atoms with E-state index in [1.807, 2.05) is 19.1 Å². The zero-order chi connectivity index (χ0) is 13.8. The second-order valence-corrected chi connectivity index (χ2v) is 5.44. The number of thiocarbonyl (C=S) groups is 1. The van der Waals surface area contributed by atoms with Gasteiger partial charge in [-0.2, -0.15) is 0 Å². The third kappa shape index (κ3) is 3.92. The Kier molecular flexibility index (Phi) is 4.79. The van der Waals surface area contributed by atoms with Crippen LogP contribution in [0, 0.1) is 6.92 Å². The van der Waals surface area contributed by atoms with Gasteiger partial charge in [-0.1, -0.05) is 11.6 Å². The quantitative estimate of drug-likeness (QED) is 0.813. The van der Waals surface area contributed by atoms with E-state index in [9.17, 15) is 0 Å². The van der Waals surface area contributed by atoms with Gasteiger partial charge in [-0.3, -0.25) is 0 Å². The molecule has 0 fully saturated rings. The molecular weight excluding hydrogens is 350 g/mol. The lowest BCUT2D eigenvalue weighted by atomic mass is 10.4. The SMILES string of the molecule is Cc1nc(NC(=S)NCc2ccco2)c(Cl)cc1Br. The molecule has 0 radical (unpaired) electrons. The van der Waals surface area contributed by atoms with Crippen LogP contribution in [0.4, 0.5) is 5.82 Å². The lowest BCUT2D eigenvalue weighted by Gasteiger charge is -2.11. The summed E-state index contributed by atoms with van der Waals surface area (Å²) in [5.41, 5.74) is 0.834. The molecule has 7 heteroatoms. The van der Waals surface area contributed by atoms with E-state index in [4.69, 9.17) is 28.2 Å². The lowest BCUT2D eigenvalue weighted by Crippen LogP contribution is -2.28. The number of aryl methyl sites for hydroxylation is 1. The molecule has 2 N–H and O–H groups in total. The zero-order valence-corrected chi connectivity index (χ0v) is 13.2. The number of hydrogen-bond acceptors (Lipinski definition) is 3. The molecule has 0 amide bonds. The number of rotatable bonds is 3. The average molecular weight is 361 g/mol. The maximum Gasteiger partial charge on any atom is 0.172 e. The third-order valence-electron chi connectivity index (χ3n) is 2.34. The van der Waals surface area contributed by atoms with Crippen LogP contribution in [0.25, 0.3) is 0 Å². The average Bonchev–Trinajstić information content (AvgIpc) is 2.86. The van der Waals surface area contributed by atoms with Crippen molar-refractivity contribution >= 4 is 50.7 Å². The van der Waals surface area contributed by atoms with E-state index in [1.165, 1.54) is 0 Å². The first-order chi connectivity index (χ1) is 9.06. The van der Waals surface area contributed by atoms with E-state index in [0.717, 1.165) is 15.9 Å². The van der Waals surface area contributed by atoms with Crippen LogP contribution < -0.4 is 10.6 Å². The lowest BCUT2D eigenvalue weighted by molar-refractivity contribution is 0.503. The van der Waals surface area contributed by atoms with Crippen LogP contribution in [0.1, 0.15) is 11.5 Å². The number of halogens is 2. The predicted octanol–water partition coefficient (Wildman–Crippen LogP) is 3.89. The summed E-state index contributed by atoms with van der Waals surface area (Å²) in [6, 6.07) is 5.47. The van der Waals surface area contributed by atoms with E-state index in [-0.39, 0.29) is 0 Å². The Morgan fingerprint density at radius 3 is 3.05 bits per heavy atom. The summed E-state index contributed by atoms with van der Waals surface area (Å²) in [6.45, 7) is 2.39. The Bertz CT molecular complexity index is 589. The van der Waals surface area contributed by atoms with Gasteiger partial charge in [-0.15, -0.1) is 0 Å². The molecule has 0 saturated heterocycles. The van der Waals surface area contributed by atoms with E-state index in [0.29, 0.717) is 22.5 Å². The highest BCUT2D eigenvalue weighted by atomic mass is 79.9. The Morgan fingerprint density at radius 1 is 1.58 bits per heavy atom. The molecule has 19 heavy (non-hydrogen) atoms. The molecule has 2 heterocycles. The van der Waals surface area contributed by atoms with Crippen molar-refractivity contribution in [2.24, 2.45) is 0 Å². The minimum Gasteiger partial charge on any atom is -0.467 e. The highest BCUT2D eigenvalue weighted by Crippen LogP contribution is 2.25. The second kappa shape index (κ2) is 6.36. The molecule has 0 atom stereocenters. The number of hydrogen-bond donors (Lipinski definition) is 2. The van der Waals surface area contributed by atoms with Gasteiger partial charge < -0.3 is 15.1 Å². The first kappa shape index (κ1) is 14.3. The molecule has 0 aromatic carbocycles. The molecule has 0 aliphatic rings. The number of anilines is 1. The molecule has 100 valence electrons. The van der Waals surface area contributed by atoms with Crippen LogP contribution in [-0.4, -0.2) is 10.1 Å². The fourth-order valence-corrected chi connectivity index (χ4v) is 2.20. The normalized spacial score (nSPS) is 10.3. The summed E-state index contributed by atoms with van der Waals surface area (Å²) in [6.07, 6.45) is 1.62. The fraction of sp³-hybridized carbons (Fsp3) is 0.167. The number of furan rings is 1. The monoisotopic (exact) mass is 359 g/mol. The molecule has 4 nitrogen and oxygen atoms in total. The number of aromatic nitrogens is 1. The number of nitrogens with one attached hydrogen (secondary N) is 2. The zero-order valence-electron chi connectivity index (χ0n) is 10.0. The molecular formula is C12H11BrClN3OS. The van der Waals surface area contributed by atoms with E-state index < -0.39 is 0 Å². The number of pyridine rings is 1. The summed E-state index contributed by atoms with van der Waals surface area (Å²) in [7, 11) is 0. The molecule has 0 bridgehead atoms. The van der Waals surface area contributed by atoms with Crippen molar-refractivity contribution in [3.05, 3.63) is 45.4 Å². The van der Waals surface area contributed by atoms with Gasteiger partial charge in [0.25, 0.3) is 0 Å². The summed E-state index contributed by atoms with van der Waals surface area (Å²) in [5, 5.41) is 6.90. The molecule has 0 aliphatic heterocycles. The van der Waals surface area contributed by atoms with Crippen molar-refractivity contribution in [1.82, 2.24) is 10.3 Å². The van der Waals surface area contributed by atoms with Gasteiger partial charge in [0, 0.05) is 4.47 Å². The van der Waals surface area contributed by atoms with Gasteiger partial charge >= 0.3 is 0 Å². The van der Waals surface area contributed by atoms with Gasteiger partial charge in [-0.05, 0) is 53.3 Å². The highest BCUT2D eigenvalue weighted by molar-refractivity contribution is 9.10. The largest absolute Gasteiger partial charge is 0.467 e. The number of nitrogens with zero attached hydrogens (tertiary/aromatic N) is 1. The van der Waals surface area contributed by atoms with Crippen molar-refractivity contribution in [2.45, 2.75) is 13.5 Å². The third-order valence-corrected chi connectivity index (χ3v) is 3.68. The van der Waals surface area contributed by atoms with Crippen molar-refractivity contribution < 1.29 is 4.42 Å². The van der Waals surface area contributed by atoms with Crippen LogP contribution in [0.5, 0.6) is 0 Å². The summed E-state index contributed by atoms with van der Waals surface area (Å²) >= 11 is 14.6. The fourth-order valence-electron chi connectivity index (χ4n) is 1.38. The predicted molar refractivity (Wildman–Crippen MR) is 83.5 cm³/mol. The Balaban J connectivity index is 1.97. The van der Waals surface area contributed by atoms with E-state index in [2.05, 4.69) is 31.5 Å². The Hall–Kier alpha value is -1.11. The van der Waals surface area contributed by atoms with Crippen LogP contribution in [-0.2, 0) is 6.54 Å². The molecule has 2 aromatic heterocycles. The molecule has 0 saturated carbocycles. The minimum absolute atomic E-state index is 0.438. The highest BCUT2D eigenvalue weighted by Gasteiger charge is 2.08. The molecule has 2 aromatic rings. The van der Waals surface area contributed by atoms with Crippen LogP contribution >= 0.6 is 39.7 Å². The van der Waals surface area contributed by atoms with Crippen LogP contribution in [0.2, 0.25) is 5.02 Å². The van der Waals surface area contributed by atoms with Gasteiger partial charge in [0.05, 0.1) is 23.5 Å². The van der Waals surface area contributed by atoms with E-state index in [1.54, 1.807) is 12.3 Å². The first-order valence-electron chi connectivity index (χ1n) is 5.46. The molecule has 0 spiro atoms. The van der Waals surface area contributed by atoms with Crippen molar-refractivity contribution in [1.29, 1.82) is 0 Å². The molecule has 0 unspecified atom stereocenters. The second-order valence-electron chi connectivity index (χ2n) is 3.77. The van der Waals surface area contributed by atoms with Gasteiger partial charge in [0.15, 0.2) is 10.9 Å². The summed E-state index contributed by atoms with van der Waals surface area (Å²) < 4.78 is 6.05. The smallest absolute Gasteiger partial charge is 0.172 e. The van der Waals surface area contributed by atoms with Gasteiger partial charge in [-0.25, -0.2) is 4.98 Å². The Labute approximate surface area is 129 Å². The van der Waals surface area contributed by atoms with Crippen molar-refractivity contribution in [3.8, 4) is 0 Å². The van der Waals surface area contributed by atoms with Gasteiger partial charge in [0.1, 0.15) is 5.76 Å². The van der Waals surface area contributed by atoms with Crippen molar-refractivity contribution in [2.75, 3.05) is 5.32 Å². The van der Waals surface area contributed by atoms with Crippen LogP contribution in [0.3, 0.4) is 0 Å². The maximum atomic E-state index is 6.08. The van der Waals surface area contributed by atoms with Gasteiger partial charge in [0.2, 0.25) is 0 Å². The topological polar surface area (TPSA) is 50.1 Å². The summed E-state index contributed by atoms with van der Waals surface area (Å²) in [4.78, 5) is 4.32. The maximum absolute atomic E-state index is 6.08. The van der Waals surface area contributed by atoms with Crippen molar-refractivity contribution in [3.63, 3.8) is 0 Å². The molecule has 2 rings (SSSR count). The summed E-state index contributed by atoms with van der Waals surface area (Å²) in [5.74, 6) is 1.33. The van der Waals surface area contributed by atoms with Crippen LogP contribution in [0.15, 0.2) is 33.4 Å². The van der Waals surface area contributed by atoms with E-state index >= 15 is 0 Å². The minimum atomic E-state index is 0.438. The Morgan fingerprint density at radius 2 is 2.37 bits per heavy atom. The standard InChI is InChI=1S/C12H11BrClN3OS/c1-7-9(13)5-10(14)11(16-7)17-12(19)15-6-8-3-2-4-18-8/h2-5H,6H2,1H3,(H2,15,16,17,19). The molecule has 0 aliphatic carbocycles. The first-order valence-corrected chi connectivity index (χ1v) is 7.04.